The Kier molecular flexibility index (Phi) is 6.64. The van der Waals surface area contributed by atoms with Gasteiger partial charge in [-0.1, -0.05) is 133 Å². The zero-order valence-electron chi connectivity index (χ0n) is 26.9. The molecule has 0 aliphatic carbocycles. The Morgan fingerprint density at radius 3 is 1.66 bits per heavy atom. The monoisotopic (exact) mass is 656 g/mol. The van der Waals surface area contributed by atoms with Gasteiger partial charge in [0.2, 0.25) is 0 Å². The largest absolute Gasteiger partial charge is 0.309 e. The lowest BCUT2D eigenvalue weighted by atomic mass is 9.99. The van der Waals surface area contributed by atoms with Crippen LogP contribution in [0.5, 0.6) is 0 Å². The van der Waals surface area contributed by atoms with Crippen molar-refractivity contribution < 1.29 is 0 Å². The van der Waals surface area contributed by atoms with Crippen molar-refractivity contribution in [3.05, 3.63) is 170 Å². The van der Waals surface area contributed by atoms with Crippen molar-refractivity contribution in [1.29, 1.82) is 0 Å². The van der Waals surface area contributed by atoms with Crippen molar-refractivity contribution >= 4 is 53.3 Å². The molecule has 0 N–H and O–H groups in total. The number of aromatic nitrogens is 4. The third kappa shape index (κ3) is 4.63. The highest BCUT2D eigenvalue weighted by Crippen LogP contribution is 2.45. The Bertz CT molecular complexity index is 2800. The molecule has 0 amide bonds. The minimum Gasteiger partial charge on any atom is -0.309 e. The van der Waals surface area contributed by atoms with Gasteiger partial charge in [0, 0.05) is 64.4 Å². The number of hydrogen-bond donors (Lipinski definition) is 0. The molecule has 10 aromatic rings. The summed E-state index contributed by atoms with van der Waals surface area (Å²) < 4.78 is 4.91. The highest BCUT2D eigenvalue weighted by molar-refractivity contribution is 7.26. The van der Waals surface area contributed by atoms with Crippen LogP contribution in [0.15, 0.2) is 170 Å². The lowest BCUT2D eigenvalue weighted by molar-refractivity contribution is 1.07. The van der Waals surface area contributed by atoms with E-state index < -0.39 is 0 Å². The molecular formula is C45H28N4S. The van der Waals surface area contributed by atoms with E-state index in [4.69, 9.17) is 15.0 Å². The van der Waals surface area contributed by atoms with Crippen molar-refractivity contribution in [3.63, 3.8) is 0 Å². The van der Waals surface area contributed by atoms with E-state index in [1.807, 2.05) is 72.0 Å². The van der Waals surface area contributed by atoms with Crippen LogP contribution in [0, 0.1) is 0 Å². The van der Waals surface area contributed by atoms with Crippen molar-refractivity contribution in [2.24, 2.45) is 0 Å². The first-order valence-corrected chi connectivity index (χ1v) is 17.5. The molecule has 50 heavy (non-hydrogen) atoms. The maximum atomic E-state index is 5.01. The fourth-order valence-electron chi connectivity index (χ4n) is 7.17. The lowest BCUT2D eigenvalue weighted by Gasteiger charge is -2.12. The Morgan fingerprint density at radius 1 is 0.400 bits per heavy atom. The summed E-state index contributed by atoms with van der Waals surface area (Å²) >= 11 is 1.84. The Balaban J connectivity index is 1.18. The third-order valence-corrected chi connectivity index (χ3v) is 10.7. The van der Waals surface area contributed by atoms with Crippen LogP contribution in [-0.2, 0) is 0 Å². The fourth-order valence-corrected chi connectivity index (χ4v) is 8.38. The van der Waals surface area contributed by atoms with Crippen molar-refractivity contribution in [2.45, 2.75) is 0 Å². The number of fused-ring (bicyclic) bond motifs is 6. The average Bonchev–Trinajstić information content (AvgIpc) is 3.74. The number of para-hydroxylation sites is 3. The Morgan fingerprint density at radius 2 is 0.960 bits per heavy atom. The van der Waals surface area contributed by atoms with Gasteiger partial charge < -0.3 is 4.57 Å². The van der Waals surface area contributed by atoms with E-state index in [2.05, 4.69) is 114 Å². The van der Waals surface area contributed by atoms with E-state index in [1.165, 1.54) is 53.1 Å². The first kappa shape index (κ1) is 28.6. The summed E-state index contributed by atoms with van der Waals surface area (Å²) in [5.41, 5.74) is 8.91. The molecule has 0 radical (unpaired) electrons. The van der Waals surface area contributed by atoms with Gasteiger partial charge >= 0.3 is 0 Å². The molecule has 3 aromatic heterocycles. The normalized spacial score (nSPS) is 11.6. The maximum Gasteiger partial charge on any atom is 0.164 e. The van der Waals surface area contributed by atoms with Crippen LogP contribution < -0.4 is 0 Å². The van der Waals surface area contributed by atoms with E-state index >= 15 is 0 Å². The zero-order chi connectivity index (χ0) is 33.0. The van der Waals surface area contributed by atoms with E-state index in [1.54, 1.807) is 0 Å². The first-order chi connectivity index (χ1) is 24.8. The Labute approximate surface area is 292 Å². The zero-order valence-corrected chi connectivity index (χ0v) is 27.7. The molecule has 0 unspecified atom stereocenters. The molecule has 0 bridgehead atoms. The lowest BCUT2D eigenvalue weighted by Crippen LogP contribution is -2.00. The van der Waals surface area contributed by atoms with Crippen LogP contribution >= 0.6 is 11.3 Å². The molecule has 3 heterocycles. The predicted molar refractivity (Wildman–Crippen MR) is 209 cm³/mol. The topological polar surface area (TPSA) is 43.6 Å². The van der Waals surface area contributed by atoms with Crippen LogP contribution in [-0.4, -0.2) is 19.5 Å². The van der Waals surface area contributed by atoms with Gasteiger partial charge in [-0.05, 0) is 36.4 Å². The highest BCUT2D eigenvalue weighted by Gasteiger charge is 2.19. The fraction of sp³-hybridized carbons (Fsp3) is 0. The molecule has 7 aromatic carbocycles. The number of hydrogen-bond acceptors (Lipinski definition) is 4. The summed E-state index contributed by atoms with van der Waals surface area (Å²) in [6, 6.07) is 59.7. The molecule has 0 fully saturated rings. The van der Waals surface area contributed by atoms with Crippen LogP contribution in [0.3, 0.4) is 0 Å². The van der Waals surface area contributed by atoms with Gasteiger partial charge in [-0.25, -0.2) is 15.0 Å². The molecule has 0 spiro atoms. The number of thiophene rings is 1. The average molecular weight is 657 g/mol. The maximum absolute atomic E-state index is 5.01. The Hall–Kier alpha value is -6.43. The minimum atomic E-state index is 0.659. The van der Waals surface area contributed by atoms with Gasteiger partial charge in [0.25, 0.3) is 0 Å². The second-order valence-corrected chi connectivity index (χ2v) is 13.5. The van der Waals surface area contributed by atoms with Crippen molar-refractivity contribution in [3.8, 4) is 51.0 Å². The van der Waals surface area contributed by atoms with Gasteiger partial charge in [-0.15, -0.1) is 11.3 Å². The summed E-state index contributed by atoms with van der Waals surface area (Å²) in [6.45, 7) is 0. The molecule has 0 saturated heterocycles. The van der Waals surface area contributed by atoms with Gasteiger partial charge in [0.15, 0.2) is 17.5 Å². The summed E-state index contributed by atoms with van der Waals surface area (Å²) in [5, 5.41) is 4.93. The van der Waals surface area contributed by atoms with E-state index in [-0.39, 0.29) is 0 Å². The van der Waals surface area contributed by atoms with Crippen LogP contribution in [0.1, 0.15) is 0 Å². The quantitative estimate of drug-likeness (QED) is 0.185. The summed E-state index contributed by atoms with van der Waals surface area (Å²) in [7, 11) is 0. The SMILES string of the molecule is c1ccc(-c2nc(-c3ccccc3)nc(-c3ccc4sc5c(-c6cccc7c8ccccc8n(-c8ccccc8)c67)cccc5c4c3)n2)cc1. The minimum absolute atomic E-state index is 0.659. The first-order valence-electron chi connectivity index (χ1n) is 16.7. The van der Waals surface area contributed by atoms with Crippen LogP contribution in [0.2, 0.25) is 0 Å². The molecule has 10 rings (SSSR count). The second-order valence-electron chi connectivity index (χ2n) is 12.4. The summed E-state index contributed by atoms with van der Waals surface area (Å²) in [5.74, 6) is 1.98. The molecule has 5 heteroatoms. The predicted octanol–water partition coefficient (Wildman–Crippen LogP) is 12.0. The number of rotatable bonds is 5. The molecule has 0 atom stereocenters. The van der Waals surface area contributed by atoms with E-state index in [0.29, 0.717) is 17.5 Å². The molecule has 0 aliphatic heterocycles. The van der Waals surface area contributed by atoms with Gasteiger partial charge in [-0.3, -0.25) is 0 Å². The van der Waals surface area contributed by atoms with Gasteiger partial charge in [0.05, 0.1) is 11.0 Å². The molecule has 0 aliphatic rings. The molecule has 4 nitrogen and oxygen atoms in total. The third-order valence-electron chi connectivity index (χ3n) is 9.45. The molecule has 0 saturated carbocycles. The van der Waals surface area contributed by atoms with E-state index in [0.717, 1.165) is 22.4 Å². The number of benzene rings is 7. The second kappa shape index (κ2) is 11.6. The van der Waals surface area contributed by atoms with E-state index in [9.17, 15) is 0 Å². The van der Waals surface area contributed by atoms with Crippen molar-refractivity contribution in [1.82, 2.24) is 19.5 Å². The van der Waals surface area contributed by atoms with Crippen LogP contribution in [0.25, 0.3) is 93.0 Å². The highest BCUT2D eigenvalue weighted by atomic mass is 32.1. The smallest absolute Gasteiger partial charge is 0.164 e. The van der Waals surface area contributed by atoms with Crippen LogP contribution in [0.4, 0.5) is 0 Å². The number of nitrogens with zero attached hydrogens (tertiary/aromatic N) is 4. The molecular weight excluding hydrogens is 629 g/mol. The van der Waals surface area contributed by atoms with Gasteiger partial charge in [0.1, 0.15) is 0 Å². The summed E-state index contributed by atoms with van der Waals surface area (Å²) in [4.78, 5) is 14.9. The molecule has 234 valence electrons. The summed E-state index contributed by atoms with van der Waals surface area (Å²) in [6.07, 6.45) is 0. The standard InChI is InChI=1S/C45H28N4S/c1-4-14-29(15-5-1)43-46-44(30-16-6-2-7-17-30)48-45(47-43)31-26-27-40-38(28-31)37-24-13-23-36(42(37)50-40)35-22-12-21-34-33-20-10-11-25-39(33)49(41(34)35)32-18-8-3-9-19-32/h1-28H. The van der Waals surface area contributed by atoms with Gasteiger partial charge in [-0.2, -0.15) is 0 Å². The van der Waals surface area contributed by atoms with Crippen molar-refractivity contribution in [2.75, 3.05) is 0 Å².